The molecule has 2 atom stereocenters. The molecule has 0 spiro atoms. The summed E-state index contributed by atoms with van der Waals surface area (Å²) in [6.45, 7) is 11.8. The molecule has 0 saturated carbocycles. The van der Waals surface area contributed by atoms with Gasteiger partial charge in [0.2, 0.25) is 5.91 Å². The number of carbonyl (C=O) groups excluding carboxylic acids is 2. The maximum atomic E-state index is 11.7. The van der Waals surface area contributed by atoms with E-state index in [-0.39, 0.29) is 11.8 Å². The van der Waals surface area contributed by atoms with Crippen LogP contribution >= 0.6 is 0 Å². The van der Waals surface area contributed by atoms with Crippen LogP contribution in [0.15, 0.2) is 12.2 Å². The number of Topliss-reactive ketones (excluding diaryl/α,β-unsaturated/α-hetero) is 1. The molecule has 0 heterocycles. The summed E-state index contributed by atoms with van der Waals surface area (Å²) in [6.07, 6.45) is 0.593. The molecule has 4 heteroatoms. The van der Waals surface area contributed by atoms with E-state index in [2.05, 4.69) is 11.9 Å². The Kier molecular flexibility index (Phi) is 5.55. The van der Waals surface area contributed by atoms with Crippen LogP contribution in [0.4, 0.5) is 0 Å². The van der Waals surface area contributed by atoms with Gasteiger partial charge in [0.1, 0.15) is 5.60 Å². The summed E-state index contributed by atoms with van der Waals surface area (Å²) in [7, 11) is 0. The van der Waals surface area contributed by atoms with Crippen molar-refractivity contribution in [1.82, 2.24) is 5.32 Å². The van der Waals surface area contributed by atoms with Crippen molar-refractivity contribution in [2.45, 2.75) is 52.7 Å². The second-order valence-electron chi connectivity index (χ2n) is 5.22. The largest absolute Gasteiger partial charge is 0.383 e. The van der Waals surface area contributed by atoms with Gasteiger partial charge >= 0.3 is 0 Å². The number of hydrogen-bond acceptors (Lipinski definition) is 3. The van der Waals surface area contributed by atoms with Crippen molar-refractivity contribution in [3.63, 3.8) is 0 Å². The van der Waals surface area contributed by atoms with Crippen LogP contribution in [0.3, 0.4) is 0 Å². The fourth-order valence-electron chi connectivity index (χ4n) is 1.57. The highest BCUT2D eigenvalue weighted by atomic mass is 16.3. The van der Waals surface area contributed by atoms with E-state index in [1.54, 1.807) is 13.8 Å². The predicted molar refractivity (Wildman–Crippen MR) is 67.5 cm³/mol. The van der Waals surface area contributed by atoms with Gasteiger partial charge in [0.25, 0.3) is 0 Å². The normalized spacial score (nSPS) is 14.9. The SMILES string of the molecule is C=C(C)CC(C)C(=O)NC(C)C(=O)C(C)(C)O. The standard InChI is InChI=1S/C13H23NO3/c1-8(2)7-9(3)12(16)14-10(4)11(15)13(5,6)17/h9-10,17H,1,7H2,2-6H3,(H,14,16). The molecule has 2 unspecified atom stereocenters. The summed E-state index contributed by atoms with van der Waals surface area (Å²) in [6, 6.07) is -0.685. The van der Waals surface area contributed by atoms with Crippen molar-refractivity contribution in [2.75, 3.05) is 0 Å². The van der Waals surface area contributed by atoms with E-state index >= 15 is 0 Å². The second kappa shape index (κ2) is 5.96. The Bertz CT molecular complexity index is 315. The first kappa shape index (κ1) is 15.8. The molecule has 0 aliphatic heterocycles. The highest BCUT2D eigenvalue weighted by molar-refractivity contribution is 5.94. The highest BCUT2D eigenvalue weighted by Crippen LogP contribution is 2.11. The molecule has 0 aromatic carbocycles. The van der Waals surface area contributed by atoms with Gasteiger partial charge in [-0.3, -0.25) is 9.59 Å². The van der Waals surface area contributed by atoms with E-state index in [1.165, 1.54) is 13.8 Å². The predicted octanol–water partition coefficient (Wildman–Crippen LogP) is 1.43. The van der Waals surface area contributed by atoms with Crippen molar-refractivity contribution in [3.8, 4) is 0 Å². The van der Waals surface area contributed by atoms with Crippen LogP contribution in [0.1, 0.15) is 41.0 Å². The lowest BCUT2D eigenvalue weighted by molar-refractivity contribution is -0.138. The van der Waals surface area contributed by atoms with Crippen molar-refractivity contribution in [1.29, 1.82) is 0 Å². The van der Waals surface area contributed by atoms with Gasteiger partial charge in [-0.05, 0) is 34.1 Å². The van der Waals surface area contributed by atoms with Gasteiger partial charge in [-0.1, -0.05) is 12.5 Å². The summed E-state index contributed by atoms with van der Waals surface area (Å²) in [5, 5.41) is 12.1. The first-order chi connectivity index (χ1) is 7.55. The maximum absolute atomic E-state index is 11.7. The Balaban J connectivity index is 4.40. The lowest BCUT2D eigenvalue weighted by Gasteiger charge is -2.23. The Hall–Kier alpha value is -1.16. The smallest absolute Gasteiger partial charge is 0.223 e. The number of amides is 1. The second-order valence-corrected chi connectivity index (χ2v) is 5.22. The average molecular weight is 241 g/mol. The van der Waals surface area contributed by atoms with Gasteiger partial charge < -0.3 is 10.4 Å². The monoisotopic (exact) mass is 241 g/mol. The van der Waals surface area contributed by atoms with Crippen LogP contribution in [0.25, 0.3) is 0 Å². The Labute approximate surface area is 103 Å². The number of rotatable bonds is 6. The van der Waals surface area contributed by atoms with Crippen LogP contribution in [0.2, 0.25) is 0 Å². The molecule has 0 saturated heterocycles. The molecule has 0 aliphatic rings. The summed E-state index contributed by atoms with van der Waals surface area (Å²) in [5.74, 6) is -0.809. The zero-order valence-corrected chi connectivity index (χ0v) is 11.3. The third kappa shape index (κ3) is 5.63. The number of ketones is 1. The Morgan fingerprint density at radius 1 is 1.35 bits per heavy atom. The van der Waals surface area contributed by atoms with Crippen molar-refractivity contribution < 1.29 is 14.7 Å². The molecule has 0 fully saturated rings. The minimum absolute atomic E-state index is 0.196. The lowest BCUT2D eigenvalue weighted by atomic mass is 9.97. The van der Waals surface area contributed by atoms with Crippen LogP contribution in [-0.4, -0.2) is 28.4 Å². The zero-order valence-electron chi connectivity index (χ0n) is 11.3. The van der Waals surface area contributed by atoms with Crippen molar-refractivity contribution in [2.24, 2.45) is 5.92 Å². The first-order valence-electron chi connectivity index (χ1n) is 5.77. The quantitative estimate of drug-likeness (QED) is 0.691. The maximum Gasteiger partial charge on any atom is 0.223 e. The molecule has 0 bridgehead atoms. The van der Waals surface area contributed by atoms with Crippen molar-refractivity contribution in [3.05, 3.63) is 12.2 Å². The summed E-state index contributed by atoms with van der Waals surface area (Å²) in [4.78, 5) is 23.4. The van der Waals surface area contributed by atoms with E-state index < -0.39 is 17.4 Å². The molecule has 17 heavy (non-hydrogen) atoms. The molecule has 0 aromatic heterocycles. The minimum atomic E-state index is -1.43. The van der Waals surface area contributed by atoms with Gasteiger partial charge in [-0.15, -0.1) is 6.58 Å². The molecular weight excluding hydrogens is 218 g/mol. The van der Waals surface area contributed by atoms with Gasteiger partial charge in [0.15, 0.2) is 5.78 Å². The van der Waals surface area contributed by atoms with Crippen molar-refractivity contribution >= 4 is 11.7 Å². The van der Waals surface area contributed by atoms with Crippen LogP contribution in [0, 0.1) is 5.92 Å². The molecule has 4 nitrogen and oxygen atoms in total. The molecule has 0 aromatic rings. The number of carbonyl (C=O) groups is 2. The van der Waals surface area contributed by atoms with E-state index in [0.717, 1.165) is 5.57 Å². The average Bonchev–Trinajstić information content (AvgIpc) is 2.13. The first-order valence-corrected chi connectivity index (χ1v) is 5.77. The van der Waals surface area contributed by atoms with Gasteiger partial charge in [0.05, 0.1) is 6.04 Å². The zero-order chi connectivity index (χ0) is 13.8. The van der Waals surface area contributed by atoms with Crippen LogP contribution in [-0.2, 0) is 9.59 Å². The minimum Gasteiger partial charge on any atom is -0.383 e. The molecule has 0 aliphatic carbocycles. The third-order valence-electron chi connectivity index (χ3n) is 2.46. The van der Waals surface area contributed by atoms with E-state index in [9.17, 15) is 14.7 Å². The van der Waals surface area contributed by atoms with Gasteiger partial charge in [-0.25, -0.2) is 0 Å². The van der Waals surface area contributed by atoms with Crippen LogP contribution < -0.4 is 5.32 Å². The highest BCUT2D eigenvalue weighted by Gasteiger charge is 2.30. The molecular formula is C13H23NO3. The molecule has 1 amide bonds. The Morgan fingerprint density at radius 3 is 2.18 bits per heavy atom. The molecule has 2 N–H and O–H groups in total. The topological polar surface area (TPSA) is 66.4 Å². The van der Waals surface area contributed by atoms with Crippen LogP contribution in [0.5, 0.6) is 0 Å². The Morgan fingerprint density at radius 2 is 1.82 bits per heavy atom. The molecule has 98 valence electrons. The summed E-state index contributed by atoms with van der Waals surface area (Å²) < 4.78 is 0. The number of hydrogen-bond donors (Lipinski definition) is 2. The summed E-state index contributed by atoms with van der Waals surface area (Å²) >= 11 is 0. The number of allylic oxidation sites excluding steroid dienone is 1. The molecule has 0 rings (SSSR count). The van der Waals surface area contributed by atoms with Gasteiger partial charge in [0, 0.05) is 5.92 Å². The van der Waals surface area contributed by atoms with E-state index in [0.29, 0.717) is 6.42 Å². The fraction of sp³-hybridized carbons (Fsp3) is 0.692. The summed E-state index contributed by atoms with van der Waals surface area (Å²) in [5.41, 5.74) is -0.501. The van der Waals surface area contributed by atoms with E-state index in [1.807, 2.05) is 6.92 Å². The number of nitrogens with one attached hydrogen (secondary N) is 1. The lowest BCUT2D eigenvalue weighted by Crippen LogP contribution is -2.48. The third-order valence-corrected chi connectivity index (χ3v) is 2.46. The fourth-order valence-corrected chi connectivity index (χ4v) is 1.57. The van der Waals surface area contributed by atoms with E-state index in [4.69, 9.17) is 0 Å². The molecule has 0 radical (unpaired) electrons. The number of aliphatic hydroxyl groups is 1. The van der Waals surface area contributed by atoms with Gasteiger partial charge in [-0.2, -0.15) is 0 Å².